The molecule has 30 heavy (non-hydrogen) atoms. The second kappa shape index (κ2) is 7.98. The van der Waals surface area contributed by atoms with Crippen LogP contribution in [0.25, 0.3) is 5.76 Å². The number of carbonyl (C=O) groups excluding carboxylic acids is 2. The fourth-order valence-corrected chi connectivity index (χ4v) is 4.82. The van der Waals surface area contributed by atoms with Gasteiger partial charge in [-0.25, -0.2) is 4.98 Å². The van der Waals surface area contributed by atoms with E-state index in [-0.39, 0.29) is 11.3 Å². The molecule has 8 heteroatoms. The summed E-state index contributed by atoms with van der Waals surface area (Å²) in [5.74, 6) is -1.72. The number of aliphatic hydroxyl groups excluding tert-OH is 1. The van der Waals surface area contributed by atoms with Gasteiger partial charge in [0.15, 0.2) is 5.13 Å². The number of thiazole rings is 1. The Bertz CT molecular complexity index is 1180. The Balaban J connectivity index is 1.96. The van der Waals surface area contributed by atoms with E-state index < -0.39 is 17.7 Å². The van der Waals surface area contributed by atoms with E-state index in [0.29, 0.717) is 21.3 Å². The normalized spacial score (nSPS) is 18.3. The molecule has 0 radical (unpaired) electrons. The maximum absolute atomic E-state index is 13.1. The van der Waals surface area contributed by atoms with Crippen LogP contribution in [0, 0.1) is 13.8 Å². The SMILES string of the molecule is Cc1nc(N2C(=O)C(=O)/C(=C(/O)c3ccc(Cl)cc3)C2c2cccc(Br)c2)sc1C. The van der Waals surface area contributed by atoms with E-state index in [9.17, 15) is 14.7 Å². The number of aromatic nitrogens is 1. The van der Waals surface area contributed by atoms with Crippen LogP contribution in [0.5, 0.6) is 0 Å². The first-order valence-electron chi connectivity index (χ1n) is 9.04. The Morgan fingerprint density at radius 2 is 1.87 bits per heavy atom. The van der Waals surface area contributed by atoms with Gasteiger partial charge in [0.25, 0.3) is 5.78 Å². The van der Waals surface area contributed by atoms with Gasteiger partial charge in [-0.1, -0.05) is 39.7 Å². The van der Waals surface area contributed by atoms with Crippen molar-refractivity contribution in [1.29, 1.82) is 0 Å². The third kappa shape index (κ3) is 3.57. The Morgan fingerprint density at radius 3 is 2.47 bits per heavy atom. The van der Waals surface area contributed by atoms with E-state index in [4.69, 9.17) is 11.6 Å². The number of rotatable bonds is 3. The van der Waals surface area contributed by atoms with Gasteiger partial charge in [0, 0.05) is 19.9 Å². The molecule has 1 N–H and O–H groups in total. The van der Waals surface area contributed by atoms with E-state index in [0.717, 1.165) is 15.0 Å². The van der Waals surface area contributed by atoms with E-state index >= 15 is 0 Å². The number of anilines is 1. The van der Waals surface area contributed by atoms with Crippen molar-refractivity contribution in [2.45, 2.75) is 19.9 Å². The van der Waals surface area contributed by atoms with Crippen molar-refractivity contribution >= 4 is 61.4 Å². The van der Waals surface area contributed by atoms with Gasteiger partial charge in [-0.3, -0.25) is 14.5 Å². The predicted molar refractivity (Wildman–Crippen MR) is 122 cm³/mol. The number of carbonyl (C=O) groups is 2. The van der Waals surface area contributed by atoms with E-state index in [1.165, 1.54) is 16.2 Å². The van der Waals surface area contributed by atoms with Crippen LogP contribution in [-0.4, -0.2) is 21.8 Å². The molecule has 2 heterocycles. The van der Waals surface area contributed by atoms with Crippen LogP contribution in [0.4, 0.5) is 5.13 Å². The van der Waals surface area contributed by atoms with Gasteiger partial charge in [-0.2, -0.15) is 0 Å². The molecule has 0 bridgehead atoms. The first kappa shape index (κ1) is 20.8. The highest BCUT2D eigenvalue weighted by atomic mass is 79.9. The van der Waals surface area contributed by atoms with Crippen molar-refractivity contribution in [3.8, 4) is 0 Å². The molecule has 1 saturated heterocycles. The summed E-state index contributed by atoms with van der Waals surface area (Å²) in [5.41, 5.74) is 1.90. The second-order valence-corrected chi connectivity index (χ2v) is 9.40. The number of hydrogen-bond donors (Lipinski definition) is 1. The number of aryl methyl sites for hydroxylation is 2. The van der Waals surface area contributed by atoms with Gasteiger partial charge in [0.1, 0.15) is 5.76 Å². The lowest BCUT2D eigenvalue weighted by Crippen LogP contribution is -2.29. The van der Waals surface area contributed by atoms with Gasteiger partial charge in [-0.15, -0.1) is 11.3 Å². The van der Waals surface area contributed by atoms with Crippen molar-refractivity contribution in [3.63, 3.8) is 0 Å². The zero-order valence-corrected chi connectivity index (χ0v) is 19.2. The smallest absolute Gasteiger partial charge is 0.301 e. The predicted octanol–water partition coefficient (Wildman–Crippen LogP) is 5.80. The molecular weight excluding hydrogens is 488 g/mol. The quantitative estimate of drug-likeness (QED) is 0.278. The van der Waals surface area contributed by atoms with Crippen LogP contribution in [-0.2, 0) is 9.59 Å². The van der Waals surface area contributed by atoms with Gasteiger partial charge < -0.3 is 5.11 Å². The number of amides is 1. The molecule has 1 aliphatic heterocycles. The molecule has 0 saturated carbocycles. The maximum atomic E-state index is 13.1. The molecule has 2 aromatic carbocycles. The summed E-state index contributed by atoms with van der Waals surface area (Å²) in [6, 6.07) is 13.0. The van der Waals surface area contributed by atoms with E-state index in [2.05, 4.69) is 20.9 Å². The van der Waals surface area contributed by atoms with Crippen molar-refractivity contribution in [2.24, 2.45) is 0 Å². The second-order valence-electron chi connectivity index (χ2n) is 6.87. The summed E-state index contributed by atoms with van der Waals surface area (Å²) in [4.78, 5) is 32.9. The first-order valence-corrected chi connectivity index (χ1v) is 11.0. The largest absolute Gasteiger partial charge is 0.507 e. The summed E-state index contributed by atoms with van der Waals surface area (Å²) in [5, 5.41) is 12.0. The Morgan fingerprint density at radius 1 is 1.17 bits per heavy atom. The fraction of sp³-hybridized carbons (Fsp3) is 0.136. The summed E-state index contributed by atoms with van der Waals surface area (Å²) in [7, 11) is 0. The molecule has 0 aliphatic carbocycles. The fourth-order valence-electron chi connectivity index (χ4n) is 3.34. The first-order chi connectivity index (χ1) is 14.3. The van der Waals surface area contributed by atoms with Crippen molar-refractivity contribution < 1.29 is 14.7 Å². The minimum atomic E-state index is -0.803. The number of hydrogen-bond acceptors (Lipinski definition) is 5. The van der Waals surface area contributed by atoms with Crippen LogP contribution in [0.1, 0.15) is 27.7 Å². The summed E-state index contributed by atoms with van der Waals surface area (Å²) >= 11 is 10.7. The van der Waals surface area contributed by atoms with Crippen LogP contribution >= 0.6 is 38.9 Å². The molecule has 1 aromatic heterocycles. The van der Waals surface area contributed by atoms with Crippen molar-refractivity contribution in [3.05, 3.63) is 85.3 Å². The number of nitrogens with zero attached hydrogens (tertiary/aromatic N) is 2. The molecule has 5 nitrogen and oxygen atoms in total. The molecule has 1 fully saturated rings. The Labute approximate surface area is 190 Å². The average Bonchev–Trinajstić information content (AvgIpc) is 3.18. The molecule has 152 valence electrons. The number of halogens is 2. The lowest BCUT2D eigenvalue weighted by atomic mass is 9.95. The van der Waals surface area contributed by atoms with Crippen LogP contribution in [0.3, 0.4) is 0 Å². The molecule has 1 aliphatic rings. The number of aliphatic hydroxyl groups is 1. The zero-order chi connectivity index (χ0) is 21.6. The molecule has 1 atom stereocenters. The summed E-state index contributed by atoms with van der Waals surface area (Å²) in [6.07, 6.45) is 0. The molecule has 0 spiro atoms. The maximum Gasteiger partial charge on any atom is 0.301 e. The number of benzene rings is 2. The van der Waals surface area contributed by atoms with Crippen LogP contribution < -0.4 is 4.90 Å². The highest BCUT2D eigenvalue weighted by Gasteiger charge is 2.48. The summed E-state index contributed by atoms with van der Waals surface area (Å²) < 4.78 is 0.795. The molecule has 4 rings (SSSR count). The average molecular weight is 504 g/mol. The minimum Gasteiger partial charge on any atom is -0.507 e. The minimum absolute atomic E-state index is 0.0194. The third-order valence-corrected chi connectivity index (χ3v) is 6.77. The molecule has 1 unspecified atom stereocenters. The molecule has 1 amide bonds. The van der Waals surface area contributed by atoms with Crippen molar-refractivity contribution in [2.75, 3.05) is 4.90 Å². The van der Waals surface area contributed by atoms with Gasteiger partial charge >= 0.3 is 5.91 Å². The zero-order valence-electron chi connectivity index (χ0n) is 16.0. The summed E-state index contributed by atoms with van der Waals surface area (Å²) in [6.45, 7) is 3.77. The number of Topliss-reactive ketones (excluding diaryl/α,β-unsaturated/α-hetero) is 1. The topological polar surface area (TPSA) is 70.5 Å². The highest BCUT2D eigenvalue weighted by Crippen LogP contribution is 2.44. The van der Waals surface area contributed by atoms with E-state index in [1.54, 1.807) is 24.3 Å². The van der Waals surface area contributed by atoms with Crippen LogP contribution in [0.2, 0.25) is 5.02 Å². The lowest BCUT2D eigenvalue weighted by Gasteiger charge is -2.23. The standard InChI is InChI=1S/C22H16BrClN2O3S/c1-11-12(2)30-22(25-11)26-18(14-4-3-5-15(23)10-14)17(20(28)21(26)29)19(27)13-6-8-16(24)9-7-13/h3-10,18,27H,1-2H3/b19-17+. The van der Waals surface area contributed by atoms with E-state index in [1.807, 2.05) is 38.1 Å². The Hall–Kier alpha value is -2.48. The monoisotopic (exact) mass is 502 g/mol. The van der Waals surface area contributed by atoms with Gasteiger partial charge in [-0.05, 0) is 55.8 Å². The lowest BCUT2D eigenvalue weighted by molar-refractivity contribution is -0.132. The molecule has 3 aromatic rings. The molecular formula is C22H16BrClN2O3S. The van der Waals surface area contributed by atoms with Crippen LogP contribution in [0.15, 0.2) is 58.6 Å². The highest BCUT2D eigenvalue weighted by molar-refractivity contribution is 9.10. The number of ketones is 1. The van der Waals surface area contributed by atoms with Crippen molar-refractivity contribution in [1.82, 2.24) is 4.98 Å². The third-order valence-electron chi connectivity index (χ3n) is 4.95. The van der Waals surface area contributed by atoms with Gasteiger partial charge in [0.2, 0.25) is 0 Å². The Kier molecular flexibility index (Phi) is 5.53. The van der Waals surface area contributed by atoms with Gasteiger partial charge in [0.05, 0.1) is 17.3 Å².